The van der Waals surface area contributed by atoms with Crippen LogP contribution in [0.3, 0.4) is 0 Å². The maximum absolute atomic E-state index is 12.1. The van der Waals surface area contributed by atoms with Crippen molar-refractivity contribution in [1.29, 1.82) is 5.26 Å². The minimum absolute atomic E-state index is 0.0120. The summed E-state index contributed by atoms with van der Waals surface area (Å²) in [4.78, 5) is 14.2. The number of anilines is 1. The number of benzene rings is 1. The van der Waals surface area contributed by atoms with Crippen LogP contribution in [0.2, 0.25) is 0 Å². The minimum atomic E-state index is -0.261. The molecule has 1 amide bonds. The molecule has 0 unspecified atom stereocenters. The lowest BCUT2D eigenvalue weighted by Gasteiger charge is -2.35. The van der Waals surface area contributed by atoms with Crippen LogP contribution in [0.1, 0.15) is 18.4 Å². The van der Waals surface area contributed by atoms with Gasteiger partial charge in [-0.05, 0) is 37.7 Å². The average Bonchev–Trinajstić information content (AvgIpc) is 2.51. The number of carbonyl (C=O) groups excluding carboxylic acids is 1. The fraction of sp³-hybridized carbons (Fsp3) is 0.500. The molecule has 0 saturated carbocycles. The van der Waals surface area contributed by atoms with Gasteiger partial charge in [0, 0.05) is 18.8 Å². The van der Waals surface area contributed by atoms with Gasteiger partial charge in [0.1, 0.15) is 4.75 Å². The van der Waals surface area contributed by atoms with Crippen molar-refractivity contribution in [3.8, 4) is 6.07 Å². The molecule has 1 fully saturated rings. The molecule has 2 rings (SSSR count). The molecule has 0 radical (unpaired) electrons. The number of piperidine rings is 1. The lowest BCUT2D eigenvalue weighted by atomic mass is 9.97. The van der Waals surface area contributed by atoms with Gasteiger partial charge in [0.05, 0.1) is 12.6 Å². The SMILES string of the molecule is CSC1(C#N)CCN(CC(=O)Nc2ccccc2C)CC1. The quantitative estimate of drug-likeness (QED) is 0.929. The van der Waals surface area contributed by atoms with Crippen LogP contribution in [0.4, 0.5) is 5.69 Å². The summed E-state index contributed by atoms with van der Waals surface area (Å²) in [6.07, 6.45) is 3.63. The summed E-state index contributed by atoms with van der Waals surface area (Å²) >= 11 is 1.63. The van der Waals surface area contributed by atoms with Crippen molar-refractivity contribution in [2.24, 2.45) is 0 Å². The average molecular weight is 303 g/mol. The van der Waals surface area contributed by atoms with Gasteiger partial charge in [-0.15, -0.1) is 11.8 Å². The highest BCUT2D eigenvalue weighted by Crippen LogP contribution is 2.33. The van der Waals surface area contributed by atoms with E-state index in [4.69, 9.17) is 0 Å². The van der Waals surface area contributed by atoms with E-state index >= 15 is 0 Å². The fourth-order valence-electron chi connectivity index (χ4n) is 2.54. The highest BCUT2D eigenvalue weighted by atomic mass is 32.2. The summed E-state index contributed by atoms with van der Waals surface area (Å²) in [6, 6.07) is 10.2. The second-order valence-electron chi connectivity index (χ2n) is 5.45. The van der Waals surface area contributed by atoms with E-state index in [0.717, 1.165) is 37.2 Å². The van der Waals surface area contributed by atoms with E-state index in [1.165, 1.54) is 0 Å². The molecule has 1 N–H and O–H groups in total. The van der Waals surface area contributed by atoms with Gasteiger partial charge in [0.15, 0.2) is 0 Å². The predicted octanol–water partition coefficient (Wildman–Crippen LogP) is 2.65. The van der Waals surface area contributed by atoms with Gasteiger partial charge in [-0.25, -0.2) is 0 Å². The zero-order chi connectivity index (χ0) is 15.3. The van der Waals surface area contributed by atoms with Gasteiger partial charge in [-0.2, -0.15) is 5.26 Å². The monoisotopic (exact) mass is 303 g/mol. The molecule has 1 aliphatic rings. The number of amides is 1. The second-order valence-corrected chi connectivity index (χ2v) is 6.64. The Balaban J connectivity index is 1.85. The Hall–Kier alpha value is -1.51. The van der Waals surface area contributed by atoms with E-state index in [9.17, 15) is 10.1 Å². The number of likely N-dealkylation sites (tertiary alicyclic amines) is 1. The molecule has 1 saturated heterocycles. The zero-order valence-corrected chi connectivity index (χ0v) is 13.4. The topological polar surface area (TPSA) is 56.1 Å². The molecule has 0 aliphatic carbocycles. The van der Waals surface area contributed by atoms with Gasteiger partial charge >= 0.3 is 0 Å². The van der Waals surface area contributed by atoms with Crippen molar-refractivity contribution in [3.05, 3.63) is 29.8 Å². The van der Waals surface area contributed by atoms with E-state index in [1.807, 2.05) is 37.4 Å². The molecule has 0 bridgehead atoms. The number of nitrogens with zero attached hydrogens (tertiary/aromatic N) is 2. The molecule has 1 aliphatic heterocycles. The van der Waals surface area contributed by atoms with Gasteiger partial charge in [-0.1, -0.05) is 18.2 Å². The zero-order valence-electron chi connectivity index (χ0n) is 12.6. The molecular formula is C16H21N3OS. The maximum atomic E-state index is 12.1. The number of rotatable bonds is 4. The molecule has 0 spiro atoms. The lowest BCUT2D eigenvalue weighted by molar-refractivity contribution is -0.117. The van der Waals surface area contributed by atoms with Crippen LogP contribution < -0.4 is 5.32 Å². The minimum Gasteiger partial charge on any atom is -0.325 e. The van der Waals surface area contributed by atoms with Crippen LogP contribution in [0.25, 0.3) is 0 Å². The Bertz CT molecular complexity index is 545. The van der Waals surface area contributed by atoms with Crippen molar-refractivity contribution < 1.29 is 4.79 Å². The number of carbonyl (C=O) groups is 1. The van der Waals surface area contributed by atoms with Crippen molar-refractivity contribution in [3.63, 3.8) is 0 Å². The molecule has 5 heteroatoms. The van der Waals surface area contributed by atoms with Gasteiger partial charge < -0.3 is 5.32 Å². The normalized spacial score (nSPS) is 18.0. The largest absolute Gasteiger partial charge is 0.325 e. The van der Waals surface area contributed by atoms with Crippen LogP contribution >= 0.6 is 11.8 Å². The van der Waals surface area contributed by atoms with Crippen molar-refractivity contribution in [2.75, 3.05) is 31.2 Å². The van der Waals surface area contributed by atoms with E-state index in [-0.39, 0.29) is 10.7 Å². The first-order valence-corrected chi connectivity index (χ1v) is 8.35. The Morgan fingerprint density at radius 3 is 2.67 bits per heavy atom. The summed E-state index contributed by atoms with van der Waals surface area (Å²) in [6.45, 7) is 3.98. The molecule has 1 aromatic carbocycles. The maximum Gasteiger partial charge on any atom is 0.238 e. The first-order valence-electron chi connectivity index (χ1n) is 7.13. The van der Waals surface area contributed by atoms with Crippen LogP contribution in [0, 0.1) is 18.3 Å². The molecule has 0 atom stereocenters. The number of hydrogen-bond donors (Lipinski definition) is 1. The molecule has 0 aromatic heterocycles. The molecule has 1 aromatic rings. The second kappa shape index (κ2) is 6.97. The number of aryl methyl sites for hydroxylation is 1. The fourth-order valence-corrected chi connectivity index (χ4v) is 3.22. The third-order valence-electron chi connectivity index (χ3n) is 4.04. The lowest BCUT2D eigenvalue weighted by Crippen LogP contribution is -2.44. The molecular weight excluding hydrogens is 282 g/mol. The van der Waals surface area contributed by atoms with Crippen LogP contribution in [-0.2, 0) is 4.79 Å². The molecule has 1 heterocycles. The number of hydrogen-bond acceptors (Lipinski definition) is 4. The van der Waals surface area contributed by atoms with E-state index in [2.05, 4.69) is 16.3 Å². The van der Waals surface area contributed by atoms with E-state index < -0.39 is 0 Å². The molecule has 4 nitrogen and oxygen atoms in total. The van der Waals surface area contributed by atoms with E-state index in [0.29, 0.717) is 6.54 Å². The van der Waals surface area contributed by atoms with Gasteiger partial charge in [0.25, 0.3) is 0 Å². The number of para-hydroxylation sites is 1. The number of nitriles is 1. The van der Waals surface area contributed by atoms with Crippen LogP contribution in [-0.4, -0.2) is 41.4 Å². The third kappa shape index (κ3) is 3.99. The molecule has 112 valence electrons. The summed E-state index contributed by atoms with van der Waals surface area (Å²) in [7, 11) is 0. The first-order chi connectivity index (χ1) is 10.1. The number of nitrogens with one attached hydrogen (secondary N) is 1. The van der Waals surface area contributed by atoms with Crippen molar-refractivity contribution >= 4 is 23.4 Å². The summed E-state index contributed by atoms with van der Waals surface area (Å²) in [5, 5.41) is 12.2. The summed E-state index contributed by atoms with van der Waals surface area (Å²) < 4.78 is -0.261. The van der Waals surface area contributed by atoms with Crippen molar-refractivity contribution in [1.82, 2.24) is 4.90 Å². The third-order valence-corrected chi connectivity index (χ3v) is 5.33. The Morgan fingerprint density at radius 1 is 1.43 bits per heavy atom. The van der Waals surface area contributed by atoms with Crippen molar-refractivity contribution in [2.45, 2.75) is 24.5 Å². The number of thioether (sulfide) groups is 1. The summed E-state index contributed by atoms with van der Waals surface area (Å²) in [5.74, 6) is 0.0120. The Labute approximate surface area is 130 Å². The predicted molar refractivity (Wildman–Crippen MR) is 87.3 cm³/mol. The van der Waals surface area contributed by atoms with Gasteiger partial charge in [0.2, 0.25) is 5.91 Å². The summed E-state index contributed by atoms with van der Waals surface area (Å²) in [5.41, 5.74) is 1.94. The van der Waals surface area contributed by atoms with Crippen LogP contribution in [0.15, 0.2) is 24.3 Å². The van der Waals surface area contributed by atoms with Crippen LogP contribution in [0.5, 0.6) is 0 Å². The highest BCUT2D eigenvalue weighted by molar-refractivity contribution is 8.00. The Morgan fingerprint density at radius 2 is 2.10 bits per heavy atom. The van der Waals surface area contributed by atoms with Gasteiger partial charge in [-0.3, -0.25) is 9.69 Å². The first kappa shape index (κ1) is 15.9. The highest BCUT2D eigenvalue weighted by Gasteiger charge is 2.34. The van der Waals surface area contributed by atoms with E-state index in [1.54, 1.807) is 11.8 Å². The standard InChI is InChI=1S/C16H21N3OS/c1-13-5-3-4-6-14(13)18-15(20)11-19-9-7-16(12-17,21-2)8-10-19/h3-6H,7-11H2,1-2H3,(H,18,20). The Kier molecular flexibility index (Phi) is 5.27. The molecule has 21 heavy (non-hydrogen) atoms. The smallest absolute Gasteiger partial charge is 0.238 e.